The smallest absolute Gasteiger partial charge is 0.245 e. The number of nitrogens with one attached hydrogen (secondary N) is 1. The van der Waals surface area contributed by atoms with E-state index in [9.17, 15) is 9.59 Å². The van der Waals surface area contributed by atoms with E-state index in [0.29, 0.717) is 11.6 Å². The van der Waals surface area contributed by atoms with Crippen LogP contribution in [0.5, 0.6) is 0 Å². The maximum atomic E-state index is 11.9. The van der Waals surface area contributed by atoms with Gasteiger partial charge in [-0.3, -0.25) is 9.59 Å². The number of anilines is 1. The van der Waals surface area contributed by atoms with Crippen LogP contribution in [-0.4, -0.2) is 41.5 Å². The molecule has 0 aliphatic rings. The molecule has 114 valence electrons. The predicted octanol–water partition coefficient (Wildman–Crippen LogP) is 0.785. The first kappa shape index (κ1) is 18.4. The summed E-state index contributed by atoms with van der Waals surface area (Å²) in [5, 5.41) is 6.17. The minimum absolute atomic E-state index is 0. The number of amides is 2. The Morgan fingerprint density at radius 1 is 1.50 bits per heavy atom. The molecular formula is C12H21ClN4O3. The zero-order valence-corrected chi connectivity index (χ0v) is 12.9. The number of hydrogen-bond acceptors (Lipinski definition) is 5. The Morgan fingerprint density at radius 2 is 2.10 bits per heavy atom. The summed E-state index contributed by atoms with van der Waals surface area (Å²) in [7, 11) is 1.54. The van der Waals surface area contributed by atoms with Gasteiger partial charge >= 0.3 is 0 Å². The van der Waals surface area contributed by atoms with Crippen molar-refractivity contribution in [1.82, 2.24) is 10.1 Å². The number of halogens is 1. The van der Waals surface area contributed by atoms with E-state index >= 15 is 0 Å². The molecule has 20 heavy (non-hydrogen) atoms. The van der Waals surface area contributed by atoms with Crippen molar-refractivity contribution < 1.29 is 14.1 Å². The Labute approximate surface area is 124 Å². The van der Waals surface area contributed by atoms with E-state index in [-0.39, 0.29) is 36.7 Å². The van der Waals surface area contributed by atoms with Crippen LogP contribution < -0.4 is 11.1 Å². The summed E-state index contributed by atoms with van der Waals surface area (Å²) in [4.78, 5) is 24.9. The fourth-order valence-electron chi connectivity index (χ4n) is 1.44. The standard InChI is InChI=1S/C12H20N4O3.ClH/c1-7(2)11(13)12(18)16(4)6-10(17)14-9-5-8(3)19-15-9;/h5,7,11H,6,13H2,1-4H3,(H,14,15,17);1H/t11-;/m1./s1. The first-order valence-corrected chi connectivity index (χ1v) is 6.05. The maximum absolute atomic E-state index is 11.9. The lowest BCUT2D eigenvalue weighted by atomic mass is 10.0. The third kappa shape index (κ3) is 5.18. The quantitative estimate of drug-likeness (QED) is 0.837. The third-order valence-electron chi connectivity index (χ3n) is 2.66. The van der Waals surface area contributed by atoms with Crippen LogP contribution in [0.25, 0.3) is 0 Å². The first-order valence-electron chi connectivity index (χ1n) is 6.05. The molecular weight excluding hydrogens is 284 g/mol. The Balaban J connectivity index is 0.00000361. The van der Waals surface area contributed by atoms with Gasteiger partial charge in [-0.1, -0.05) is 19.0 Å². The van der Waals surface area contributed by atoms with Crippen molar-refractivity contribution in [3.05, 3.63) is 11.8 Å². The molecule has 1 aromatic heterocycles. The van der Waals surface area contributed by atoms with Crippen molar-refractivity contribution in [1.29, 1.82) is 0 Å². The zero-order valence-electron chi connectivity index (χ0n) is 12.0. The zero-order chi connectivity index (χ0) is 14.6. The second-order valence-corrected chi connectivity index (χ2v) is 4.84. The molecule has 2 amide bonds. The Bertz CT molecular complexity index is 461. The average molecular weight is 305 g/mol. The molecule has 0 unspecified atom stereocenters. The van der Waals surface area contributed by atoms with Gasteiger partial charge in [-0.05, 0) is 12.8 Å². The Kier molecular flexibility index (Phi) is 7.23. The number of likely N-dealkylation sites (N-methyl/N-ethyl adjacent to an activating group) is 1. The molecule has 1 rings (SSSR count). The highest BCUT2D eigenvalue weighted by atomic mass is 35.5. The topological polar surface area (TPSA) is 101 Å². The van der Waals surface area contributed by atoms with Gasteiger partial charge in [-0.15, -0.1) is 12.4 Å². The molecule has 1 heterocycles. The van der Waals surface area contributed by atoms with Gasteiger partial charge in [0, 0.05) is 13.1 Å². The second-order valence-electron chi connectivity index (χ2n) is 4.84. The van der Waals surface area contributed by atoms with Gasteiger partial charge in [0.1, 0.15) is 5.76 Å². The highest BCUT2D eigenvalue weighted by molar-refractivity contribution is 5.94. The summed E-state index contributed by atoms with van der Waals surface area (Å²) in [6, 6.07) is 0.992. The fourth-order valence-corrected chi connectivity index (χ4v) is 1.44. The molecule has 0 radical (unpaired) electrons. The van der Waals surface area contributed by atoms with Gasteiger partial charge in [-0.2, -0.15) is 0 Å². The van der Waals surface area contributed by atoms with Crippen LogP contribution in [0.15, 0.2) is 10.6 Å². The van der Waals surface area contributed by atoms with E-state index < -0.39 is 6.04 Å². The number of rotatable bonds is 5. The van der Waals surface area contributed by atoms with Crippen molar-refractivity contribution in [3.63, 3.8) is 0 Å². The summed E-state index contributed by atoms with van der Waals surface area (Å²) in [5.74, 6) is 0.343. The number of carbonyl (C=O) groups excluding carboxylic acids is 2. The van der Waals surface area contributed by atoms with E-state index in [4.69, 9.17) is 10.3 Å². The van der Waals surface area contributed by atoms with Gasteiger partial charge in [0.2, 0.25) is 11.8 Å². The van der Waals surface area contributed by atoms with E-state index in [1.165, 1.54) is 11.9 Å². The molecule has 8 heteroatoms. The van der Waals surface area contributed by atoms with Crippen LogP contribution in [0.4, 0.5) is 5.82 Å². The summed E-state index contributed by atoms with van der Waals surface area (Å²) in [6.45, 7) is 5.36. The SMILES string of the molecule is Cc1cc(NC(=O)CN(C)C(=O)[C@H](N)C(C)C)no1.Cl. The molecule has 0 fully saturated rings. The Morgan fingerprint density at radius 3 is 2.55 bits per heavy atom. The van der Waals surface area contributed by atoms with Crippen molar-refractivity contribution in [2.75, 3.05) is 18.9 Å². The molecule has 0 bridgehead atoms. The van der Waals surface area contributed by atoms with Crippen LogP contribution in [0, 0.1) is 12.8 Å². The molecule has 0 spiro atoms. The number of hydrogen-bond donors (Lipinski definition) is 2. The molecule has 7 nitrogen and oxygen atoms in total. The average Bonchev–Trinajstić information content (AvgIpc) is 2.72. The van der Waals surface area contributed by atoms with E-state index in [2.05, 4.69) is 10.5 Å². The van der Waals surface area contributed by atoms with Gasteiger partial charge in [-0.25, -0.2) is 0 Å². The summed E-state index contributed by atoms with van der Waals surface area (Å²) < 4.78 is 4.82. The largest absolute Gasteiger partial charge is 0.360 e. The van der Waals surface area contributed by atoms with Crippen molar-refractivity contribution >= 4 is 30.0 Å². The summed E-state index contributed by atoms with van der Waals surface area (Å²) in [5.41, 5.74) is 5.74. The fraction of sp³-hybridized carbons (Fsp3) is 0.583. The molecule has 0 aliphatic carbocycles. The number of aryl methyl sites for hydroxylation is 1. The molecule has 0 saturated heterocycles. The number of aromatic nitrogens is 1. The third-order valence-corrected chi connectivity index (χ3v) is 2.66. The molecule has 3 N–H and O–H groups in total. The minimum Gasteiger partial charge on any atom is -0.360 e. The normalized spacial score (nSPS) is 11.7. The lowest BCUT2D eigenvalue weighted by Crippen LogP contribution is -2.47. The number of nitrogens with zero attached hydrogens (tertiary/aromatic N) is 2. The number of carbonyl (C=O) groups is 2. The summed E-state index contributed by atoms with van der Waals surface area (Å²) in [6.07, 6.45) is 0. The van der Waals surface area contributed by atoms with Gasteiger partial charge < -0.3 is 20.5 Å². The van der Waals surface area contributed by atoms with Crippen LogP contribution >= 0.6 is 12.4 Å². The van der Waals surface area contributed by atoms with E-state index in [1.54, 1.807) is 13.0 Å². The maximum Gasteiger partial charge on any atom is 0.245 e. The lowest BCUT2D eigenvalue weighted by Gasteiger charge is -2.22. The van der Waals surface area contributed by atoms with E-state index in [1.807, 2.05) is 13.8 Å². The molecule has 0 aromatic carbocycles. The van der Waals surface area contributed by atoms with Crippen molar-refractivity contribution in [2.24, 2.45) is 11.7 Å². The summed E-state index contributed by atoms with van der Waals surface area (Å²) >= 11 is 0. The molecule has 0 saturated carbocycles. The second kappa shape index (κ2) is 7.86. The van der Waals surface area contributed by atoms with Crippen LogP contribution in [0.3, 0.4) is 0 Å². The predicted molar refractivity (Wildman–Crippen MR) is 77.6 cm³/mol. The number of nitrogens with two attached hydrogens (primary N) is 1. The minimum atomic E-state index is -0.605. The molecule has 1 atom stereocenters. The van der Waals surface area contributed by atoms with Crippen molar-refractivity contribution in [3.8, 4) is 0 Å². The Hall–Kier alpha value is -1.60. The monoisotopic (exact) mass is 304 g/mol. The van der Waals surface area contributed by atoms with Crippen LogP contribution in [0.2, 0.25) is 0 Å². The van der Waals surface area contributed by atoms with Gasteiger partial charge in [0.05, 0.1) is 12.6 Å². The van der Waals surface area contributed by atoms with Gasteiger partial charge in [0.25, 0.3) is 0 Å². The van der Waals surface area contributed by atoms with Gasteiger partial charge in [0.15, 0.2) is 5.82 Å². The van der Waals surface area contributed by atoms with E-state index in [0.717, 1.165) is 0 Å². The molecule has 1 aromatic rings. The highest BCUT2D eigenvalue weighted by Crippen LogP contribution is 2.07. The first-order chi connectivity index (χ1) is 8.81. The highest BCUT2D eigenvalue weighted by Gasteiger charge is 2.22. The van der Waals surface area contributed by atoms with Crippen molar-refractivity contribution in [2.45, 2.75) is 26.8 Å². The van der Waals surface area contributed by atoms with Crippen LogP contribution in [0.1, 0.15) is 19.6 Å². The van der Waals surface area contributed by atoms with Crippen LogP contribution in [-0.2, 0) is 9.59 Å². The molecule has 0 aliphatic heterocycles. The lowest BCUT2D eigenvalue weighted by molar-refractivity contribution is -0.135.